The first kappa shape index (κ1) is 23.1. The zero-order valence-corrected chi connectivity index (χ0v) is 22.4. The monoisotopic (exact) mass is 521 g/mol. The van der Waals surface area contributed by atoms with Crippen LogP contribution in [0, 0.1) is 17.3 Å². The van der Waals surface area contributed by atoms with Crippen LogP contribution < -0.4 is 4.74 Å². The fourth-order valence-electron chi connectivity index (χ4n) is 10.1. The van der Waals surface area contributed by atoms with Crippen LogP contribution in [-0.4, -0.2) is 53.1 Å². The fourth-order valence-corrected chi connectivity index (χ4v) is 10.3. The van der Waals surface area contributed by atoms with Crippen molar-refractivity contribution in [3.05, 3.63) is 58.1 Å². The molecule has 196 valence electrons. The van der Waals surface area contributed by atoms with Crippen molar-refractivity contribution in [1.29, 1.82) is 0 Å². The van der Waals surface area contributed by atoms with Crippen molar-refractivity contribution in [2.45, 2.75) is 80.6 Å². The van der Waals surface area contributed by atoms with Gasteiger partial charge < -0.3 is 19.7 Å². The second-order valence-corrected chi connectivity index (χ2v) is 13.5. The molecule has 2 N–H and O–H groups in total. The Morgan fingerprint density at radius 3 is 2.78 bits per heavy atom. The van der Waals surface area contributed by atoms with Crippen LogP contribution in [0.1, 0.15) is 62.1 Å². The highest BCUT2D eigenvalue weighted by molar-refractivity contribution is 6.30. The van der Waals surface area contributed by atoms with E-state index in [2.05, 4.69) is 11.0 Å². The van der Waals surface area contributed by atoms with Crippen LogP contribution in [-0.2, 0) is 22.2 Å². The number of phenols is 1. The SMILES string of the molecule is CO[C@]12CC[C@@]3(C[C@@H]1C(C)(O)c1cccc(Cl)c1)[C@H]1Cc4ccc(O)c5c4[C@@]3(CCN1CC1CC1)[C@H]2O5. The highest BCUT2D eigenvalue weighted by Gasteiger charge is 2.82. The van der Waals surface area contributed by atoms with E-state index in [0.717, 1.165) is 50.1 Å². The van der Waals surface area contributed by atoms with Gasteiger partial charge in [0.05, 0.1) is 5.60 Å². The maximum absolute atomic E-state index is 12.4. The Kier molecular flexibility index (Phi) is 4.52. The Labute approximate surface area is 223 Å². The fraction of sp³-hybridized carbons (Fsp3) is 0.613. The predicted molar refractivity (Wildman–Crippen MR) is 141 cm³/mol. The first-order chi connectivity index (χ1) is 17.8. The van der Waals surface area contributed by atoms with Crippen molar-refractivity contribution in [3.8, 4) is 11.5 Å². The van der Waals surface area contributed by atoms with Gasteiger partial charge in [-0.05, 0) is 93.7 Å². The van der Waals surface area contributed by atoms with Gasteiger partial charge in [-0.15, -0.1) is 0 Å². The summed E-state index contributed by atoms with van der Waals surface area (Å²) in [6.07, 6.45) is 7.23. The summed E-state index contributed by atoms with van der Waals surface area (Å²) in [4.78, 5) is 2.80. The van der Waals surface area contributed by atoms with E-state index in [-0.39, 0.29) is 28.6 Å². The lowest BCUT2D eigenvalue weighted by Crippen LogP contribution is -2.82. The number of methoxy groups -OCH3 is 1. The third kappa shape index (κ3) is 2.63. The Morgan fingerprint density at radius 2 is 2.03 bits per heavy atom. The molecule has 37 heavy (non-hydrogen) atoms. The van der Waals surface area contributed by atoms with Gasteiger partial charge in [-0.1, -0.05) is 29.8 Å². The highest BCUT2D eigenvalue weighted by Crippen LogP contribution is 2.78. The molecule has 9 rings (SSSR count). The number of phenolic OH excluding ortho intramolecular Hbond substituents is 1. The summed E-state index contributed by atoms with van der Waals surface area (Å²) in [5, 5.41) is 24.1. The average molecular weight is 522 g/mol. The second kappa shape index (κ2) is 7.24. The Balaban J connectivity index is 1.35. The Morgan fingerprint density at radius 1 is 1.19 bits per heavy atom. The lowest BCUT2D eigenvalue weighted by Gasteiger charge is -2.75. The predicted octanol–water partition coefficient (Wildman–Crippen LogP) is 5.18. The number of nitrogens with zero attached hydrogens (tertiary/aromatic N) is 1. The molecule has 2 aromatic rings. The summed E-state index contributed by atoms with van der Waals surface area (Å²) >= 11 is 6.42. The van der Waals surface area contributed by atoms with Crippen LogP contribution in [0.15, 0.2) is 36.4 Å². The average Bonchev–Trinajstić information content (AvgIpc) is 3.63. The van der Waals surface area contributed by atoms with Crippen molar-refractivity contribution in [2.75, 3.05) is 20.2 Å². The number of rotatable bonds is 5. The summed E-state index contributed by atoms with van der Waals surface area (Å²) in [5.74, 6) is 1.57. The van der Waals surface area contributed by atoms with Crippen molar-refractivity contribution in [2.24, 2.45) is 17.3 Å². The second-order valence-electron chi connectivity index (χ2n) is 13.1. The van der Waals surface area contributed by atoms with Crippen LogP contribution >= 0.6 is 11.6 Å². The Bertz CT molecular complexity index is 1310. The van der Waals surface area contributed by atoms with Gasteiger partial charge >= 0.3 is 0 Å². The van der Waals surface area contributed by atoms with Gasteiger partial charge in [0.2, 0.25) is 0 Å². The largest absolute Gasteiger partial charge is 0.504 e. The number of hydrogen-bond acceptors (Lipinski definition) is 5. The molecule has 7 atom stereocenters. The molecular formula is C31H36ClNO4. The molecule has 0 amide bonds. The van der Waals surface area contributed by atoms with E-state index in [1.807, 2.05) is 37.3 Å². The molecule has 5 aliphatic carbocycles. The number of piperidine rings is 1. The number of fused-ring (bicyclic) bond motifs is 2. The van der Waals surface area contributed by atoms with Gasteiger partial charge in [0, 0.05) is 47.0 Å². The van der Waals surface area contributed by atoms with E-state index in [9.17, 15) is 10.2 Å². The van der Waals surface area contributed by atoms with E-state index >= 15 is 0 Å². The summed E-state index contributed by atoms with van der Waals surface area (Å²) in [7, 11) is 1.80. The standard InChI is InChI=1S/C31H36ClNO4/c1-28(35,20-4-3-5-21(32)15-20)23-16-29-10-11-31(23,36-2)27-30(29)12-13-33(17-18-6-7-18)24(29)14-19-8-9-22(34)26(37-27)25(19)30/h3-5,8-9,15,18,23-24,27,34-35H,6-7,10-14,16-17H2,1-2H3/t23-,24-,27-,28?,29-,30+,31-/m1/s1. The molecule has 0 radical (unpaired) electrons. The number of benzene rings is 2. The normalized spacial score (nSPS) is 40.7. The summed E-state index contributed by atoms with van der Waals surface area (Å²) in [6.45, 7) is 4.19. The molecule has 2 heterocycles. The molecule has 1 unspecified atom stereocenters. The van der Waals surface area contributed by atoms with E-state index in [1.54, 1.807) is 7.11 Å². The number of hydrogen-bond donors (Lipinski definition) is 2. The van der Waals surface area contributed by atoms with Crippen molar-refractivity contribution in [3.63, 3.8) is 0 Å². The van der Waals surface area contributed by atoms with E-state index in [0.29, 0.717) is 16.8 Å². The quantitative estimate of drug-likeness (QED) is 0.568. The van der Waals surface area contributed by atoms with Gasteiger partial charge in [-0.25, -0.2) is 0 Å². The highest BCUT2D eigenvalue weighted by atomic mass is 35.5. The number of halogens is 1. The van der Waals surface area contributed by atoms with Gasteiger partial charge in [-0.3, -0.25) is 4.90 Å². The molecule has 5 nitrogen and oxygen atoms in total. The number of aliphatic hydroxyl groups is 1. The zero-order chi connectivity index (χ0) is 25.4. The molecule has 0 aromatic heterocycles. The molecule has 7 aliphatic rings. The van der Waals surface area contributed by atoms with Crippen LogP contribution in [0.2, 0.25) is 5.02 Å². The maximum Gasteiger partial charge on any atom is 0.165 e. The van der Waals surface area contributed by atoms with Gasteiger partial charge in [-0.2, -0.15) is 0 Å². The molecule has 2 aliphatic heterocycles. The lowest BCUT2D eigenvalue weighted by molar-refractivity contribution is -0.304. The Hall–Kier alpha value is -1.79. The molecule has 4 bridgehead atoms. The van der Waals surface area contributed by atoms with Crippen molar-refractivity contribution >= 4 is 11.6 Å². The molecular weight excluding hydrogens is 486 g/mol. The van der Waals surface area contributed by atoms with Gasteiger partial charge in [0.15, 0.2) is 11.5 Å². The molecule has 1 saturated heterocycles. The number of ether oxygens (including phenoxy) is 2. The zero-order valence-electron chi connectivity index (χ0n) is 21.7. The minimum atomic E-state index is -1.15. The first-order valence-electron chi connectivity index (χ1n) is 14.1. The van der Waals surface area contributed by atoms with Crippen LogP contribution in [0.4, 0.5) is 0 Å². The topological polar surface area (TPSA) is 62.2 Å². The van der Waals surface area contributed by atoms with Crippen LogP contribution in [0.5, 0.6) is 11.5 Å². The summed E-state index contributed by atoms with van der Waals surface area (Å²) in [6, 6.07) is 12.0. The molecule has 2 aromatic carbocycles. The minimum absolute atomic E-state index is 0.0373. The third-order valence-electron chi connectivity index (χ3n) is 11.7. The summed E-state index contributed by atoms with van der Waals surface area (Å²) < 4.78 is 13.5. The molecule has 2 spiro atoms. The van der Waals surface area contributed by atoms with E-state index in [4.69, 9.17) is 21.1 Å². The summed E-state index contributed by atoms with van der Waals surface area (Å²) in [5.41, 5.74) is 1.36. The van der Waals surface area contributed by atoms with Crippen LogP contribution in [0.3, 0.4) is 0 Å². The van der Waals surface area contributed by atoms with Crippen molar-refractivity contribution < 1.29 is 19.7 Å². The van der Waals surface area contributed by atoms with E-state index < -0.39 is 11.2 Å². The third-order valence-corrected chi connectivity index (χ3v) is 12.0. The molecule has 4 saturated carbocycles. The first-order valence-corrected chi connectivity index (χ1v) is 14.4. The maximum atomic E-state index is 12.4. The number of aromatic hydroxyl groups is 1. The molecule has 5 fully saturated rings. The lowest BCUT2D eigenvalue weighted by atomic mass is 9.33. The van der Waals surface area contributed by atoms with Gasteiger partial charge in [0.25, 0.3) is 0 Å². The van der Waals surface area contributed by atoms with Crippen molar-refractivity contribution in [1.82, 2.24) is 4.90 Å². The van der Waals surface area contributed by atoms with E-state index in [1.165, 1.54) is 30.5 Å². The van der Waals surface area contributed by atoms with Gasteiger partial charge in [0.1, 0.15) is 11.7 Å². The minimum Gasteiger partial charge on any atom is -0.504 e. The van der Waals surface area contributed by atoms with Crippen LogP contribution in [0.25, 0.3) is 0 Å². The smallest absolute Gasteiger partial charge is 0.165 e. The molecule has 6 heteroatoms. The number of likely N-dealkylation sites (tertiary alicyclic amines) is 1.